The smallest absolute Gasteiger partial charge is 0.0984 e. The van der Waals surface area contributed by atoms with Crippen molar-refractivity contribution in [2.75, 3.05) is 19.5 Å². The minimum atomic E-state index is -0.744. The molecular formula is C18H26P+. The number of benzene rings is 1. The molecule has 1 fully saturated rings. The third-order valence-electron chi connectivity index (χ3n) is 4.41. The number of hydrogen-bond donors (Lipinski definition) is 0. The lowest BCUT2D eigenvalue weighted by molar-refractivity contribution is 0.565. The van der Waals surface area contributed by atoms with Crippen LogP contribution in [0.25, 0.3) is 12.2 Å². The van der Waals surface area contributed by atoms with Crippen LogP contribution in [0.3, 0.4) is 0 Å². The van der Waals surface area contributed by atoms with Crippen molar-refractivity contribution >= 4 is 19.4 Å². The lowest BCUT2D eigenvalue weighted by Gasteiger charge is -2.44. The molecule has 1 heterocycles. The first kappa shape index (κ1) is 14.5. The molecule has 1 heteroatoms. The molecule has 0 aromatic heterocycles. The van der Waals surface area contributed by atoms with Gasteiger partial charge in [0, 0.05) is 26.5 Å². The van der Waals surface area contributed by atoms with Crippen LogP contribution in [0.15, 0.2) is 24.8 Å². The largest absolute Gasteiger partial charge is 0.100 e. The highest BCUT2D eigenvalue weighted by molar-refractivity contribution is 7.76. The Morgan fingerprint density at radius 2 is 1.95 bits per heavy atom. The molecule has 2 unspecified atom stereocenters. The van der Waals surface area contributed by atoms with E-state index >= 15 is 0 Å². The summed E-state index contributed by atoms with van der Waals surface area (Å²) in [6.45, 7) is 15.7. The third kappa shape index (κ3) is 2.56. The Balaban J connectivity index is 2.50. The van der Waals surface area contributed by atoms with Gasteiger partial charge in [-0.3, -0.25) is 0 Å². The van der Waals surface area contributed by atoms with Gasteiger partial charge in [-0.25, -0.2) is 0 Å². The summed E-state index contributed by atoms with van der Waals surface area (Å²) in [6, 6.07) is 4.72. The highest BCUT2D eigenvalue weighted by Crippen LogP contribution is 2.76. The standard InChI is InChI=1S/C18H26P/c1-7-9-16-10-13(3)17(11-15(16)8-2)18-14(4)12-19(18,5)6/h7-11,14,18H,2,12H2,1,3-6H3/q+1/b9-7-. The van der Waals surface area contributed by atoms with Crippen LogP contribution < -0.4 is 0 Å². The minimum absolute atomic E-state index is 0.744. The molecule has 19 heavy (non-hydrogen) atoms. The second-order valence-corrected chi connectivity index (χ2v) is 10.9. The van der Waals surface area contributed by atoms with Crippen molar-refractivity contribution in [1.82, 2.24) is 0 Å². The summed E-state index contributed by atoms with van der Waals surface area (Å²) in [5.74, 6) is 0.840. The lowest BCUT2D eigenvalue weighted by Crippen LogP contribution is -2.30. The van der Waals surface area contributed by atoms with Crippen molar-refractivity contribution in [3.05, 3.63) is 47.0 Å². The Hall–Kier alpha value is -0.870. The Labute approximate surface area is 119 Å². The molecule has 1 aromatic carbocycles. The second kappa shape index (κ2) is 5.25. The van der Waals surface area contributed by atoms with E-state index in [0.717, 1.165) is 11.6 Å². The SMILES string of the molecule is C=Cc1cc(C2C(C)C[P+]2(C)C)c(C)cc1/C=C\C. The van der Waals surface area contributed by atoms with E-state index in [1.54, 1.807) is 5.56 Å². The Morgan fingerprint density at radius 3 is 2.42 bits per heavy atom. The molecule has 2 atom stereocenters. The molecule has 102 valence electrons. The van der Waals surface area contributed by atoms with Gasteiger partial charge in [0.1, 0.15) is 5.66 Å². The highest BCUT2D eigenvalue weighted by Gasteiger charge is 2.53. The molecule has 1 saturated heterocycles. The predicted molar refractivity (Wildman–Crippen MR) is 91.5 cm³/mol. The van der Waals surface area contributed by atoms with E-state index in [2.05, 4.69) is 65.0 Å². The van der Waals surface area contributed by atoms with Crippen LogP contribution in [0.2, 0.25) is 0 Å². The Kier molecular flexibility index (Phi) is 4.02. The molecule has 1 aliphatic heterocycles. The van der Waals surface area contributed by atoms with Crippen molar-refractivity contribution in [3.8, 4) is 0 Å². The monoisotopic (exact) mass is 273 g/mol. The summed E-state index contributed by atoms with van der Waals surface area (Å²) in [7, 11) is -0.744. The summed E-state index contributed by atoms with van der Waals surface area (Å²) < 4.78 is 0. The van der Waals surface area contributed by atoms with E-state index in [9.17, 15) is 0 Å². The van der Waals surface area contributed by atoms with Gasteiger partial charge in [0.2, 0.25) is 0 Å². The van der Waals surface area contributed by atoms with Gasteiger partial charge in [0.25, 0.3) is 0 Å². The van der Waals surface area contributed by atoms with Crippen LogP contribution >= 0.6 is 7.26 Å². The topological polar surface area (TPSA) is 0 Å². The fraction of sp³-hybridized carbons (Fsp3) is 0.444. The van der Waals surface area contributed by atoms with E-state index in [1.165, 1.54) is 22.9 Å². The third-order valence-corrected chi connectivity index (χ3v) is 8.22. The molecule has 1 aromatic rings. The minimum Gasteiger partial charge on any atom is -0.0984 e. The van der Waals surface area contributed by atoms with Crippen LogP contribution in [-0.4, -0.2) is 19.5 Å². The lowest BCUT2D eigenvalue weighted by atomic mass is 9.92. The van der Waals surface area contributed by atoms with Gasteiger partial charge in [0.15, 0.2) is 0 Å². The Bertz CT molecular complexity index is 523. The molecule has 0 saturated carbocycles. The maximum Gasteiger partial charge on any atom is 0.100 e. The molecule has 0 aliphatic carbocycles. The van der Waals surface area contributed by atoms with E-state index < -0.39 is 7.26 Å². The van der Waals surface area contributed by atoms with Crippen molar-refractivity contribution in [1.29, 1.82) is 0 Å². The first-order valence-corrected chi connectivity index (χ1v) is 10.1. The highest BCUT2D eigenvalue weighted by atomic mass is 31.2. The average Bonchev–Trinajstić information content (AvgIpc) is 2.31. The quantitative estimate of drug-likeness (QED) is 0.625. The van der Waals surface area contributed by atoms with Crippen LogP contribution in [-0.2, 0) is 0 Å². The summed E-state index contributed by atoms with van der Waals surface area (Å²) in [5, 5.41) is 0. The van der Waals surface area contributed by atoms with Crippen molar-refractivity contribution < 1.29 is 0 Å². The molecule has 1 aliphatic rings. The maximum absolute atomic E-state index is 3.98. The normalized spacial score (nSPS) is 25.3. The van der Waals surface area contributed by atoms with Crippen LogP contribution in [0.5, 0.6) is 0 Å². The van der Waals surface area contributed by atoms with Crippen molar-refractivity contribution in [3.63, 3.8) is 0 Å². The summed E-state index contributed by atoms with van der Waals surface area (Å²) in [6.07, 6.45) is 7.72. The van der Waals surface area contributed by atoms with E-state index in [1.807, 2.05) is 6.08 Å². The van der Waals surface area contributed by atoms with Gasteiger partial charge < -0.3 is 0 Å². The Morgan fingerprint density at radius 1 is 1.26 bits per heavy atom. The van der Waals surface area contributed by atoms with Crippen molar-refractivity contribution in [2.24, 2.45) is 5.92 Å². The first-order valence-electron chi connectivity index (χ1n) is 7.13. The maximum atomic E-state index is 3.98. The zero-order chi connectivity index (χ0) is 14.2. The van der Waals surface area contributed by atoms with Gasteiger partial charge in [-0.2, -0.15) is 0 Å². The summed E-state index contributed by atoms with van der Waals surface area (Å²) in [5.41, 5.74) is 6.38. The van der Waals surface area contributed by atoms with Crippen LogP contribution in [0, 0.1) is 12.8 Å². The van der Waals surface area contributed by atoms with E-state index in [0.29, 0.717) is 0 Å². The molecule has 0 spiro atoms. The second-order valence-electron chi connectivity index (χ2n) is 6.43. The molecule has 0 bridgehead atoms. The van der Waals surface area contributed by atoms with E-state index in [4.69, 9.17) is 0 Å². The average molecular weight is 273 g/mol. The molecule has 0 nitrogen and oxygen atoms in total. The van der Waals surface area contributed by atoms with Gasteiger partial charge in [-0.05, 0) is 42.2 Å². The van der Waals surface area contributed by atoms with Crippen molar-refractivity contribution in [2.45, 2.75) is 26.4 Å². The fourth-order valence-corrected chi connectivity index (χ4v) is 7.82. The van der Waals surface area contributed by atoms with Crippen LogP contribution in [0.1, 0.15) is 41.8 Å². The molecular weight excluding hydrogens is 247 g/mol. The first-order chi connectivity index (χ1) is 8.90. The molecule has 2 rings (SSSR count). The van der Waals surface area contributed by atoms with Gasteiger partial charge in [-0.15, -0.1) is 0 Å². The number of allylic oxidation sites excluding steroid dienone is 1. The number of rotatable bonds is 3. The number of hydrogen-bond acceptors (Lipinski definition) is 0. The molecule has 0 radical (unpaired) electrons. The summed E-state index contributed by atoms with van der Waals surface area (Å²) >= 11 is 0. The fourth-order valence-electron chi connectivity index (χ4n) is 3.77. The van der Waals surface area contributed by atoms with Gasteiger partial charge >= 0.3 is 0 Å². The molecule has 0 amide bonds. The zero-order valence-electron chi connectivity index (χ0n) is 12.9. The summed E-state index contributed by atoms with van der Waals surface area (Å²) in [4.78, 5) is 0. The molecule has 0 N–H and O–H groups in total. The van der Waals surface area contributed by atoms with Gasteiger partial charge in [-0.1, -0.05) is 37.8 Å². The number of aryl methyl sites for hydroxylation is 1. The van der Waals surface area contributed by atoms with Gasteiger partial charge in [0.05, 0.1) is 6.16 Å². The predicted octanol–water partition coefficient (Wildman–Crippen LogP) is 5.64. The zero-order valence-corrected chi connectivity index (χ0v) is 13.8. The van der Waals surface area contributed by atoms with Crippen LogP contribution in [0.4, 0.5) is 0 Å². The van der Waals surface area contributed by atoms with E-state index in [-0.39, 0.29) is 0 Å².